The van der Waals surface area contributed by atoms with Gasteiger partial charge in [-0.1, -0.05) is 20.8 Å². The zero-order valence-electron chi connectivity index (χ0n) is 11.3. The lowest BCUT2D eigenvalue weighted by molar-refractivity contribution is 0.0690. The second-order valence-electron chi connectivity index (χ2n) is 4.59. The van der Waals surface area contributed by atoms with Crippen molar-refractivity contribution in [2.75, 3.05) is 5.32 Å². The molecule has 0 aliphatic rings. The van der Waals surface area contributed by atoms with Gasteiger partial charge in [0.05, 0.1) is 11.9 Å². The molecular weight excluding hydrogens is 246 g/mol. The van der Waals surface area contributed by atoms with E-state index in [2.05, 4.69) is 15.6 Å². The molecule has 3 N–H and O–H groups in total. The first-order valence-corrected chi connectivity index (χ1v) is 6.21. The summed E-state index contributed by atoms with van der Waals surface area (Å²) in [6.45, 7) is 6.09. The van der Waals surface area contributed by atoms with Gasteiger partial charge in [0.15, 0.2) is 0 Å². The van der Waals surface area contributed by atoms with Crippen molar-refractivity contribution in [1.29, 1.82) is 0 Å². The number of carbonyl (C=O) groups is 2. The van der Waals surface area contributed by atoms with Gasteiger partial charge in [-0.25, -0.2) is 14.6 Å². The van der Waals surface area contributed by atoms with Gasteiger partial charge in [-0.2, -0.15) is 0 Å². The van der Waals surface area contributed by atoms with Crippen LogP contribution < -0.4 is 10.6 Å². The second kappa shape index (κ2) is 6.72. The van der Waals surface area contributed by atoms with E-state index in [1.54, 1.807) is 0 Å². The summed E-state index contributed by atoms with van der Waals surface area (Å²) in [6, 6.07) is 2.64. The van der Waals surface area contributed by atoms with E-state index in [9.17, 15) is 9.59 Å². The Hall–Kier alpha value is -2.11. The molecule has 1 aromatic rings. The highest BCUT2D eigenvalue weighted by Crippen LogP contribution is 2.08. The van der Waals surface area contributed by atoms with Gasteiger partial charge in [-0.3, -0.25) is 0 Å². The number of carboxylic acid groups (broad SMARTS) is 1. The lowest BCUT2D eigenvalue weighted by Crippen LogP contribution is -2.40. The third-order valence-electron chi connectivity index (χ3n) is 2.80. The number of aromatic nitrogens is 1. The molecule has 0 bridgehead atoms. The number of aromatic carboxylic acids is 1. The number of nitrogens with one attached hydrogen (secondary N) is 2. The predicted molar refractivity (Wildman–Crippen MR) is 72.3 cm³/mol. The highest BCUT2D eigenvalue weighted by atomic mass is 16.4. The second-order valence-corrected chi connectivity index (χ2v) is 4.59. The summed E-state index contributed by atoms with van der Waals surface area (Å²) in [4.78, 5) is 26.1. The molecular formula is C13H19N3O3. The number of hydrogen-bond acceptors (Lipinski definition) is 3. The number of carboxylic acids is 1. The van der Waals surface area contributed by atoms with Gasteiger partial charge in [-0.05, 0) is 24.5 Å². The Bertz CT molecular complexity index is 443. The molecule has 0 aliphatic heterocycles. The highest BCUT2D eigenvalue weighted by Gasteiger charge is 2.14. The van der Waals surface area contributed by atoms with Crippen molar-refractivity contribution >= 4 is 17.7 Å². The Morgan fingerprint density at radius 2 is 2.05 bits per heavy atom. The zero-order valence-corrected chi connectivity index (χ0v) is 11.3. The quantitative estimate of drug-likeness (QED) is 0.762. The van der Waals surface area contributed by atoms with E-state index < -0.39 is 5.97 Å². The van der Waals surface area contributed by atoms with E-state index in [1.165, 1.54) is 18.3 Å². The summed E-state index contributed by atoms with van der Waals surface area (Å²) in [7, 11) is 0. The highest BCUT2D eigenvalue weighted by molar-refractivity contribution is 5.90. The summed E-state index contributed by atoms with van der Waals surface area (Å²) >= 11 is 0. The van der Waals surface area contributed by atoms with Gasteiger partial charge >= 0.3 is 12.0 Å². The fourth-order valence-electron chi connectivity index (χ4n) is 1.67. The van der Waals surface area contributed by atoms with E-state index >= 15 is 0 Å². The number of nitrogens with zero attached hydrogens (tertiary/aromatic N) is 1. The van der Waals surface area contributed by atoms with Crippen LogP contribution in [-0.4, -0.2) is 28.1 Å². The fourth-order valence-corrected chi connectivity index (χ4v) is 1.67. The van der Waals surface area contributed by atoms with Crippen LogP contribution in [0.2, 0.25) is 0 Å². The first-order chi connectivity index (χ1) is 8.93. The largest absolute Gasteiger partial charge is 0.477 e. The normalized spacial score (nSPS) is 12.0. The van der Waals surface area contributed by atoms with Crippen molar-refractivity contribution in [3.8, 4) is 0 Å². The van der Waals surface area contributed by atoms with Crippen LogP contribution >= 0.6 is 0 Å². The maximum absolute atomic E-state index is 11.7. The third-order valence-corrected chi connectivity index (χ3v) is 2.80. The summed E-state index contributed by atoms with van der Waals surface area (Å²) in [5.41, 5.74) is 0.403. The van der Waals surface area contributed by atoms with Crippen LogP contribution in [-0.2, 0) is 0 Å². The van der Waals surface area contributed by atoms with Crippen LogP contribution in [0, 0.1) is 5.92 Å². The number of anilines is 1. The summed E-state index contributed by atoms with van der Waals surface area (Å²) < 4.78 is 0. The number of rotatable bonds is 5. The van der Waals surface area contributed by atoms with Crippen molar-refractivity contribution in [2.24, 2.45) is 5.92 Å². The first kappa shape index (κ1) is 14.9. The van der Waals surface area contributed by atoms with Crippen LogP contribution in [0.4, 0.5) is 10.5 Å². The molecule has 0 saturated carbocycles. The van der Waals surface area contributed by atoms with Crippen LogP contribution in [0.3, 0.4) is 0 Å². The molecule has 1 rings (SSSR count). The Balaban J connectivity index is 2.59. The standard InChI is InChI=1S/C13H19N3O3/c1-4-10(8(2)3)16-13(19)15-9-5-6-11(12(17)18)14-7-9/h5-8,10H,4H2,1-3H3,(H,17,18)(H2,15,16,19). The molecule has 0 aromatic carbocycles. The number of urea groups is 1. The molecule has 6 heteroatoms. The van der Waals surface area contributed by atoms with Crippen LogP contribution in [0.15, 0.2) is 18.3 Å². The van der Waals surface area contributed by atoms with Crippen LogP contribution in [0.25, 0.3) is 0 Å². The summed E-state index contributed by atoms with van der Waals surface area (Å²) in [6.07, 6.45) is 2.17. The molecule has 2 amide bonds. The minimum absolute atomic E-state index is 0.0560. The van der Waals surface area contributed by atoms with Gasteiger partial charge in [0, 0.05) is 6.04 Å². The van der Waals surface area contributed by atoms with Crippen molar-refractivity contribution in [1.82, 2.24) is 10.3 Å². The van der Waals surface area contributed by atoms with Crippen molar-refractivity contribution in [3.63, 3.8) is 0 Å². The SMILES string of the molecule is CCC(NC(=O)Nc1ccc(C(=O)O)nc1)C(C)C. The van der Waals surface area contributed by atoms with E-state index in [0.29, 0.717) is 11.6 Å². The van der Waals surface area contributed by atoms with Crippen LogP contribution in [0.5, 0.6) is 0 Å². The summed E-state index contributed by atoms with van der Waals surface area (Å²) in [5, 5.41) is 14.2. The number of amides is 2. The minimum atomic E-state index is -1.10. The molecule has 0 saturated heterocycles. The molecule has 0 spiro atoms. The maximum atomic E-state index is 11.7. The molecule has 0 radical (unpaired) electrons. The van der Waals surface area contributed by atoms with Gasteiger partial charge in [0.1, 0.15) is 5.69 Å². The van der Waals surface area contributed by atoms with Gasteiger partial charge in [0.25, 0.3) is 0 Å². The Labute approximate surface area is 112 Å². The number of pyridine rings is 1. The first-order valence-electron chi connectivity index (χ1n) is 6.21. The molecule has 0 fully saturated rings. The van der Waals surface area contributed by atoms with Gasteiger partial charge in [-0.15, -0.1) is 0 Å². The summed E-state index contributed by atoms with van der Waals surface area (Å²) in [5.74, 6) is -0.745. The number of carbonyl (C=O) groups excluding carboxylic acids is 1. The number of hydrogen-bond donors (Lipinski definition) is 3. The van der Waals surface area contributed by atoms with Crippen molar-refractivity contribution < 1.29 is 14.7 Å². The average Bonchev–Trinajstić information content (AvgIpc) is 2.36. The average molecular weight is 265 g/mol. The molecule has 104 valence electrons. The van der Waals surface area contributed by atoms with Gasteiger partial charge < -0.3 is 15.7 Å². The lowest BCUT2D eigenvalue weighted by atomic mass is 10.0. The van der Waals surface area contributed by atoms with E-state index in [1.807, 2.05) is 20.8 Å². The Kier molecular flexibility index (Phi) is 5.29. The minimum Gasteiger partial charge on any atom is -0.477 e. The van der Waals surface area contributed by atoms with Gasteiger partial charge in [0.2, 0.25) is 0 Å². The van der Waals surface area contributed by atoms with E-state index in [-0.39, 0.29) is 17.8 Å². The molecule has 0 aliphatic carbocycles. The molecule has 19 heavy (non-hydrogen) atoms. The molecule has 1 heterocycles. The monoisotopic (exact) mass is 265 g/mol. The molecule has 6 nitrogen and oxygen atoms in total. The van der Waals surface area contributed by atoms with E-state index in [4.69, 9.17) is 5.11 Å². The van der Waals surface area contributed by atoms with Crippen molar-refractivity contribution in [3.05, 3.63) is 24.0 Å². The zero-order chi connectivity index (χ0) is 14.4. The predicted octanol–water partition coefficient (Wildman–Crippen LogP) is 2.34. The van der Waals surface area contributed by atoms with Crippen molar-refractivity contribution in [2.45, 2.75) is 33.2 Å². The molecule has 1 atom stereocenters. The molecule has 1 unspecified atom stereocenters. The maximum Gasteiger partial charge on any atom is 0.354 e. The Morgan fingerprint density at radius 1 is 1.37 bits per heavy atom. The lowest BCUT2D eigenvalue weighted by Gasteiger charge is -2.20. The fraction of sp³-hybridized carbons (Fsp3) is 0.462. The third kappa shape index (κ3) is 4.57. The van der Waals surface area contributed by atoms with E-state index in [0.717, 1.165) is 6.42 Å². The molecule has 1 aromatic heterocycles. The topological polar surface area (TPSA) is 91.3 Å². The Morgan fingerprint density at radius 3 is 2.47 bits per heavy atom. The smallest absolute Gasteiger partial charge is 0.354 e. The van der Waals surface area contributed by atoms with Crippen LogP contribution in [0.1, 0.15) is 37.7 Å².